The number of hydrogen-bond donors (Lipinski definition) is 1. The number of anilines is 1. The Kier molecular flexibility index (Phi) is 3.82. The van der Waals surface area contributed by atoms with Crippen molar-refractivity contribution in [3.63, 3.8) is 0 Å². The van der Waals surface area contributed by atoms with Gasteiger partial charge in [0.05, 0.1) is 12.2 Å². The van der Waals surface area contributed by atoms with E-state index in [1.807, 2.05) is 0 Å². The number of rotatable bonds is 4. The van der Waals surface area contributed by atoms with E-state index in [1.54, 1.807) is 6.07 Å². The van der Waals surface area contributed by atoms with Crippen LogP contribution in [-0.4, -0.2) is 15.5 Å². The molecule has 0 aliphatic heterocycles. The lowest BCUT2D eigenvalue weighted by atomic mass is 10.3. The molecule has 0 bridgehead atoms. The smallest absolute Gasteiger partial charge is 0.267 e. The Morgan fingerprint density at radius 2 is 2.00 bits per heavy atom. The second kappa shape index (κ2) is 5.26. The summed E-state index contributed by atoms with van der Waals surface area (Å²) in [5, 5.41) is 0. The normalized spacial score (nSPS) is 11.6. The van der Waals surface area contributed by atoms with Crippen LogP contribution in [0.2, 0.25) is 0 Å². The highest BCUT2D eigenvalue weighted by Crippen LogP contribution is 2.28. The van der Waals surface area contributed by atoms with Gasteiger partial charge in [0, 0.05) is 13.1 Å². The minimum absolute atomic E-state index is 0.0105. The van der Waals surface area contributed by atoms with Crippen molar-refractivity contribution in [1.29, 1.82) is 0 Å². The largest absolute Gasteiger partial charge is 0.464 e. The number of furan rings is 1. The fourth-order valence-corrected chi connectivity index (χ4v) is 3.25. The van der Waals surface area contributed by atoms with E-state index in [4.69, 9.17) is 10.2 Å². The van der Waals surface area contributed by atoms with E-state index in [1.165, 1.54) is 38.2 Å². The number of aryl methyl sites for hydroxylation is 1. The Balaban J connectivity index is 2.49. The summed E-state index contributed by atoms with van der Waals surface area (Å²) in [6.07, 6.45) is 0. The monoisotopic (exact) mass is 298 g/mol. The summed E-state index contributed by atoms with van der Waals surface area (Å²) in [7, 11) is -2.60. The molecule has 20 heavy (non-hydrogen) atoms. The summed E-state index contributed by atoms with van der Waals surface area (Å²) < 4.78 is 44.8. The molecule has 0 aliphatic carbocycles. The number of halogens is 1. The maximum Gasteiger partial charge on any atom is 0.267 e. The van der Waals surface area contributed by atoms with Gasteiger partial charge in [-0.25, -0.2) is 12.8 Å². The molecule has 0 radical (unpaired) electrons. The molecule has 0 fully saturated rings. The predicted molar refractivity (Wildman–Crippen MR) is 73.3 cm³/mol. The molecule has 7 heteroatoms. The summed E-state index contributed by atoms with van der Waals surface area (Å²) in [4.78, 5) is -0.0105. The third-order valence-electron chi connectivity index (χ3n) is 2.95. The van der Waals surface area contributed by atoms with Gasteiger partial charge in [0.15, 0.2) is 0 Å². The Morgan fingerprint density at radius 1 is 1.35 bits per heavy atom. The van der Waals surface area contributed by atoms with Gasteiger partial charge in [0.2, 0.25) is 0 Å². The van der Waals surface area contributed by atoms with Gasteiger partial charge in [-0.3, -0.25) is 4.31 Å². The number of benzene rings is 1. The zero-order valence-electron chi connectivity index (χ0n) is 11.1. The molecule has 2 N–H and O–H groups in total. The number of nitrogens with zero attached hydrogens (tertiary/aromatic N) is 1. The van der Waals surface area contributed by atoms with Crippen LogP contribution in [0.25, 0.3) is 0 Å². The number of hydrogen-bond acceptors (Lipinski definition) is 4. The van der Waals surface area contributed by atoms with Gasteiger partial charge < -0.3 is 10.2 Å². The molecule has 0 unspecified atom stereocenters. The van der Waals surface area contributed by atoms with Crippen molar-refractivity contribution >= 4 is 15.7 Å². The summed E-state index contributed by atoms with van der Waals surface area (Å²) >= 11 is 0. The van der Waals surface area contributed by atoms with Crippen LogP contribution in [0.15, 0.2) is 39.6 Å². The first kappa shape index (κ1) is 14.5. The average Bonchev–Trinajstić information content (AvgIpc) is 2.80. The van der Waals surface area contributed by atoms with Crippen LogP contribution in [0.3, 0.4) is 0 Å². The third kappa shape index (κ3) is 2.41. The van der Waals surface area contributed by atoms with Crippen LogP contribution in [-0.2, 0) is 16.6 Å². The van der Waals surface area contributed by atoms with E-state index in [-0.39, 0.29) is 22.9 Å². The zero-order valence-corrected chi connectivity index (χ0v) is 11.9. The number of nitrogens with two attached hydrogens (primary N) is 1. The average molecular weight is 298 g/mol. The highest BCUT2D eigenvalue weighted by atomic mass is 32.2. The lowest BCUT2D eigenvalue weighted by Gasteiger charge is -2.19. The fraction of sp³-hybridized carbons (Fsp3) is 0.231. The van der Waals surface area contributed by atoms with Gasteiger partial charge in [0.25, 0.3) is 10.0 Å². The van der Waals surface area contributed by atoms with Crippen molar-refractivity contribution in [1.82, 2.24) is 0 Å². The van der Waals surface area contributed by atoms with Gasteiger partial charge in [-0.2, -0.15) is 0 Å². The van der Waals surface area contributed by atoms with Crippen molar-refractivity contribution in [2.45, 2.75) is 18.4 Å². The molecular formula is C13H15FN2O3S. The van der Waals surface area contributed by atoms with Crippen LogP contribution in [0.5, 0.6) is 0 Å². The molecule has 0 saturated carbocycles. The van der Waals surface area contributed by atoms with E-state index in [2.05, 4.69) is 0 Å². The molecule has 0 amide bonds. The van der Waals surface area contributed by atoms with Gasteiger partial charge in [0.1, 0.15) is 22.2 Å². The minimum atomic E-state index is -3.89. The molecule has 0 spiro atoms. The lowest BCUT2D eigenvalue weighted by Crippen LogP contribution is -2.27. The fourth-order valence-electron chi connectivity index (χ4n) is 1.87. The third-order valence-corrected chi connectivity index (χ3v) is 4.83. The van der Waals surface area contributed by atoms with E-state index >= 15 is 0 Å². The van der Waals surface area contributed by atoms with Crippen LogP contribution in [0.4, 0.5) is 10.1 Å². The van der Waals surface area contributed by atoms with Crippen LogP contribution < -0.4 is 10.0 Å². The summed E-state index contributed by atoms with van der Waals surface area (Å²) in [5.74, 6) is -0.0181. The topological polar surface area (TPSA) is 76.5 Å². The Labute approximate surface area is 116 Å². The van der Waals surface area contributed by atoms with Crippen LogP contribution in [0, 0.1) is 12.7 Å². The van der Waals surface area contributed by atoms with Gasteiger partial charge in [-0.05, 0) is 19.1 Å². The van der Waals surface area contributed by atoms with Crippen LogP contribution >= 0.6 is 0 Å². The SMILES string of the molecule is Cc1oc(CN)cc1S(=O)(=O)N(C)c1ccccc1F. The van der Waals surface area contributed by atoms with Crippen molar-refractivity contribution in [3.8, 4) is 0 Å². The molecule has 108 valence electrons. The molecule has 0 aliphatic rings. The second-order valence-corrected chi connectivity index (χ2v) is 6.20. The highest BCUT2D eigenvalue weighted by molar-refractivity contribution is 7.92. The molecule has 2 aromatic rings. The van der Waals surface area contributed by atoms with Gasteiger partial charge in [-0.1, -0.05) is 12.1 Å². The quantitative estimate of drug-likeness (QED) is 0.936. The van der Waals surface area contributed by atoms with Gasteiger partial charge >= 0.3 is 0 Å². The molecule has 1 aromatic carbocycles. The van der Waals surface area contributed by atoms with Crippen molar-refractivity contribution in [2.24, 2.45) is 5.73 Å². The molecular weight excluding hydrogens is 283 g/mol. The first-order chi connectivity index (χ1) is 9.37. The highest BCUT2D eigenvalue weighted by Gasteiger charge is 2.27. The first-order valence-electron chi connectivity index (χ1n) is 5.90. The second-order valence-electron chi connectivity index (χ2n) is 4.26. The molecule has 2 rings (SSSR count). The van der Waals surface area contributed by atoms with Crippen molar-refractivity contribution in [3.05, 3.63) is 47.7 Å². The Hall–Kier alpha value is -1.86. The van der Waals surface area contributed by atoms with Crippen molar-refractivity contribution < 1.29 is 17.2 Å². The first-order valence-corrected chi connectivity index (χ1v) is 7.34. The van der Waals surface area contributed by atoms with Crippen LogP contribution in [0.1, 0.15) is 11.5 Å². The molecule has 1 aromatic heterocycles. The van der Waals surface area contributed by atoms with E-state index in [0.29, 0.717) is 5.76 Å². The maximum atomic E-state index is 13.7. The molecule has 5 nitrogen and oxygen atoms in total. The van der Waals surface area contributed by atoms with E-state index in [9.17, 15) is 12.8 Å². The number of para-hydroxylation sites is 1. The standard InChI is InChI=1S/C13H15FN2O3S/c1-9-13(7-10(8-15)19-9)20(17,18)16(2)12-6-4-3-5-11(12)14/h3-7H,8,15H2,1-2H3. The predicted octanol–water partition coefficient (Wildman–Crippen LogP) is 2.01. The molecule has 0 saturated heterocycles. The van der Waals surface area contributed by atoms with E-state index < -0.39 is 15.8 Å². The summed E-state index contributed by atoms with van der Waals surface area (Å²) in [6, 6.07) is 7.02. The maximum absolute atomic E-state index is 13.7. The Morgan fingerprint density at radius 3 is 2.55 bits per heavy atom. The Bertz CT molecular complexity index is 725. The van der Waals surface area contributed by atoms with E-state index in [0.717, 1.165) is 4.31 Å². The summed E-state index contributed by atoms with van der Waals surface area (Å²) in [6.45, 7) is 1.63. The lowest BCUT2D eigenvalue weighted by molar-refractivity contribution is 0.479. The van der Waals surface area contributed by atoms with Crippen molar-refractivity contribution in [2.75, 3.05) is 11.4 Å². The number of sulfonamides is 1. The molecule has 0 atom stereocenters. The minimum Gasteiger partial charge on any atom is -0.464 e. The van der Waals surface area contributed by atoms with Gasteiger partial charge in [-0.15, -0.1) is 0 Å². The zero-order chi connectivity index (χ0) is 14.9. The summed E-state index contributed by atoms with van der Waals surface area (Å²) in [5.41, 5.74) is 5.40. The molecule has 1 heterocycles.